The van der Waals surface area contributed by atoms with E-state index in [1.807, 2.05) is 87.5 Å². The van der Waals surface area contributed by atoms with Crippen molar-refractivity contribution in [1.82, 2.24) is 9.97 Å². The molecule has 4 aromatic carbocycles. The smallest absolute Gasteiger partial charge is 0.306 e. The normalized spacial score (nSPS) is 11.9. The average molecular weight is 841 g/mol. The number of nitrogens with one attached hydrogen (secondary N) is 2. The number of carboxylic acid groups (broad SMARTS) is 1. The number of carbonyl (C=O) groups is 4. The first-order chi connectivity index (χ1) is 29.7. The van der Waals surface area contributed by atoms with Gasteiger partial charge in [-0.1, -0.05) is 48.5 Å². The van der Waals surface area contributed by atoms with Crippen LogP contribution >= 0.6 is 0 Å². The number of nitrogens with zero attached hydrogens (tertiary/aromatic N) is 2. The summed E-state index contributed by atoms with van der Waals surface area (Å²) in [6.07, 6.45) is 8.08. The van der Waals surface area contributed by atoms with Crippen molar-refractivity contribution in [3.63, 3.8) is 0 Å². The summed E-state index contributed by atoms with van der Waals surface area (Å²) in [6, 6.07) is 34.5. The number of aromatic nitrogens is 2. The summed E-state index contributed by atoms with van der Waals surface area (Å²) >= 11 is 0. The summed E-state index contributed by atoms with van der Waals surface area (Å²) in [5.41, 5.74) is 6.18. The lowest BCUT2D eigenvalue weighted by molar-refractivity contribution is -0.155. The third-order valence-corrected chi connectivity index (χ3v) is 9.64. The Kier molecular flexibility index (Phi) is 16.7. The van der Waals surface area contributed by atoms with Gasteiger partial charge in [-0.25, -0.2) is 8.78 Å². The molecule has 2 heterocycles. The van der Waals surface area contributed by atoms with E-state index in [0.29, 0.717) is 30.6 Å². The van der Waals surface area contributed by atoms with Gasteiger partial charge in [-0.3, -0.25) is 29.1 Å². The standard InChI is InChI=1S/C27H29FN2O3.C23H21FN2O3/c1-27(2,3)33-25(31)12-9-22(17-19-7-10-23(28)11-8-19)26(32)30-24-6-4-5-21(18-24)20-13-15-29-16-14-20;24-20-7-4-16(5-8-20)14-19(6-9-22(27)28)23(29)26-21-3-1-2-18(15-21)17-10-12-25-13-11-17/h4-8,10-11,13-16,18,22H,9,12,17H2,1-3H3,(H,30,32);1-5,7-8,10-13,15,19H,6,9,14H2,(H,26,29)(H,27,28)/t22-;19-/m00/s1. The van der Waals surface area contributed by atoms with Gasteiger partial charge in [-0.05, 0) is 153 Å². The van der Waals surface area contributed by atoms with E-state index in [-0.39, 0.29) is 48.7 Å². The van der Waals surface area contributed by atoms with Crippen LogP contribution in [-0.2, 0) is 36.8 Å². The topological polar surface area (TPSA) is 148 Å². The summed E-state index contributed by atoms with van der Waals surface area (Å²) < 4.78 is 31.8. The van der Waals surface area contributed by atoms with Crippen LogP contribution in [0.25, 0.3) is 22.3 Å². The van der Waals surface area contributed by atoms with E-state index in [2.05, 4.69) is 20.6 Å². The number of benzene rings is 4. The van der Waals surface area contributed by atoms with Crippen LogP contribution in [0, 0.1) is 23.5 Å². The van der Waals surface area contributed by atoms with Gasteiger partial charge in [0.25, 0.3) is 0 Å². The van der Waals surface area contributed by atoms with Gasteiger partial charge in [-0.2, -0.15) is 0 Å². The van der Waals surface area contributed by atoms with Crippen LogP contribution in [0.4, 0.5) is 20.2 Å². The predicted molar refractivity (Wildman–Crippen MR) is 236 cm³/mol. The van der Waals surface area contributed by atoms with Crippen molar-refractivity contribution in [3.8, 4) is 22.3 Å². The third kappa shape index (κ3) is 15.5. The van der Waals surface area contributed by atoms with Crippen LogP contribution in [0.1, 0.15) is 57.6 Å². The minimum absolute atomic E-state index is 0.115. The third-order valence-electron chi connectivity index (χ3n) is 9.64. The molecule has 3 N–H and O–H groups in total. The Morgan fingerprint density at radius 3 is 1.37 bits per heavy atom. The fraction of sp³-hybridized carbons (Fsp3) is 0.240. The van der Waals surface area contributed by atoms with E-state index in [1.165, 1.54) is 24.3 Å². The number of anilines is 2. The van der Waals surface area contributed by atoms with Crippen molar-refractivity contribution < 1.29 is 37.8 Å². The highest BCUT2D eigenvalue weighted by molar-refractivity contribution is 5.94. The highest BCUT2D eigenvalue weighted by Crippen LogP contribution is 2.26. The molecule has 12 heteroatoms. The van der Waals surface area contributed by atoms with E-state index in [1.54, 1.807) is 55.1 Å². The first-order valence-corrected chi connectivity index (χ1v) is 20.3. The number of esters is 1. The van der Waals surface area contributed by atoms with Crippen molar-refractivity contribution in [3.05, 3.63) is 169 Å². The quantitative estimate of drug-likeness (QED) is 0.0816. The Morgan fingerprint density at radius 1 is 0.581 bits per heavy atom. The minimum atomic E-state index is -0.957. The molecule has 62 heavy (non-hydrogen) atoms. The summed E-state index contributed by atoms with van der Waals surface area (Å²) in [5, 5.41) is 14.9. The molecule has 0 aliphatic rings. The zero-order valence-electron chi connectivity index (χ0n) is 34.9. The molecule has 0 unspecified atom stereocenters. The summed E-state index contributed by atoms with van der Waals surface area (Å²) in [7, 11) is 0. The SMILES string of the molecule is CC(C)(C)OC(=O)CC[C@@H](Cc1ccc(F)cc1)C(=O)Nc1cccc(-c2ccncc2)c1.O=C(O)CC[C@@H](Cc1ccc(F)cc1)C(=O)Nc1cccc(-c2ccncc2)c1. The minimum Gasteiger partial charge on any atom is -0.481 e. The van der Waals surface area contributed by atoms with E-state index in [9.17, 15) is 28.0 Å². The Morgan fingerprint density at radius 2 is 0.984 bits per heavy atom. The molecule has 320 valence electrons. The van der Waals surface area contributed by atoms with Crippen LogP contribution in [0.2, 0.25) is 0 Å². The summed E-state index contributed by atoms with van der Waals surface area (Å²) in [5.74, 6) is -3.47. The number of carbonyl (C=O) groups excluding carboxylic acids is 3. The number of aliphatic carboxylic acids is 1. The molecular weight excluding hydrogens is 791 g/mol. The zero-order valence-corrected chi connectivity index (χ0v) is 34.9. The Balaban J connectivity index is 0.000000236. The number of ether oxygens (including phenoxy) is 1. The molecule has 0 bridgehead atoms. The monoisotopic (exact) mass is 840 g/mol. The molecule has 6 aromatic rings. The maximum absolute atomic E-state index is 13.3. The first-order valence-electron chi connectivity index (χ1n) is 20.3. The molecule has 0 spiro atoms. The zero-order chi connectivity index (χ0) is 44.5. The number of rotatable bonds is 16. The molecule has 6 rings (SSSR count). The number of halogens is 2. The molecule has 0 saturated carbocycles. The molecule has 2 atom stereocenters. The van der Waals surface area contributed by atoms with E-state index < -0.39 is 23.4 Å². The molecule has 0 radical (unpaired) electrons. The van der Waals surface area contributed by atoms with E-state index >= 15 is 0 Å². The number of hydrogen-bond acceptors (Lipinski definition) is 7. The van der Waals surface area contributed by atoms with Gasteiger partial charge in [0.05, 0.1) is 0 Å². The van der Waals surface area contributed by atoms with Crippen LogP contribution < -0.4 is 10.6 Å². The highest BCUT2D eigenvalue weighted by atomic mass is 19.1. The van der Waals surface area contributed by atoms with Gasteiger partial charge < -0.3 is 20.5 Å². The molecular formula is C50H50F2N4O6. The van der Waals surface area contributed by atoms with Crippen molar-refractivity contribution in [2.75, 3.05) is 10.6 Å². The molecule has 2 amide bonds. The van der Waals surface area contributed by atoms with Gasteiger partial charge in [0, 0.05) is 60.8 Å². The van der Waals surface area contributed by atoms with Gasteiger partial charge in [0.2, 0.25) is 11.8 Å². The molecule has 0 aliphatic heterocycles. The second-order valence-corrected chi connectivity index (χ2v) is 15.7. The average Bonchev–Trinajstić information content (AvgIpc) is 3.25. The van der Waals surface area contributed by atoms with Gasteiger partial charge in [0.15, 0.2) is 0 Å². The van der Waals surface area contributed by atoms with Crippen LogP contribution in [0.15, 0.2) is 146 Å². The molecule has 0 fully saturated rings. The first kappa shape index (κ1) is 46.0. The van der Waals surface area contributed by atoms with Crippen LogP contribution in [-0.4, -0.2) is 44.4 Å². The lowest BCUT2D eigenvalue weighted by Gasteiger charge is -2.21. The van der Waals surface area contributed by atoms with Gasteiger partial charge in [-0.15, -0.1) is 0 Å². The van der Waals surface area contributed by atoms with Gasteiger partial charge in [0.1, 0.15) is 17.2 Å². The summed E-state index contributed by atoms with van der Waals surface area (Å²) in [6.45, 7) is 5.43. The largest absolute Gasteiger partial charge is 0.481 e. The molecule has 10 nitrogen and oxygen atoms in total. The lowest BCUT2D eigenvalue weighted by Crippen LogP contribution is -2.28. The van der Waals surface area contributed by atoms with Gasteiger partial charge >= 0.3 is 11.9 Å². The fourth-order valence-corrected chi connectivity index (χ4v) is 6.57. The van der Waals surface area contributed by atoms with Crippen molar-refractivity contribution in [2.45, 2.75) is 64.9 Å². The lowest BCUT2D eigenvalue weighted by atomic mass is 9.93. The van der Waals surface area contributed by atoms with E-state index in [4.69, 9.17) is 9.84 Å². The Hall–Kier alpha value is -7.08. The summed E-state index contributed by atoms with van der Waals surface area (Å²) in [4.78, 5) is 57.3. The number of carboxylic acids is 1. The Bertz CT molecular complexity index is 2390. The number of amides is 2. The maximum atomic E-state index is 13.3. The number of hydrogen-bond donors (Lipinski definition) is 3. The van der Waals surface area contributed by atoms with Crippen LogP contribution in [0.5, 0.6) is 0 Å². The van der Waals surface area contributed by atoms with Crippen molar-refractivity contribution in [2.24, 2.45) is 11.8 Å². The highest BCUT2D eigenvalue weighted by Gasteiger charge is 2.24. The van der Waals surface area contributed by atoms with Crippen LogP contribution in [0.3, 0.4) is 0 Å². The van der Waals surface area contributed by atoms with Crippen molar-refractivity contribution >= 4 is 35.1 Å². The maximum Gasteiger partial charge on any atom is 0.306 e. The second kappa shape index (κ2) is 22.5. The molecule has 0 saturated heterocycles. The van der Waals surface area contributed by atoms with E-state index in [0.717, 1.165) is 33.4 Å². The fourth-order valence-electron chi connectivity index (χ4n) is 6.57. The molecule has 2 aromatic heterocycles. The van der Waals surface area contributed by atoms with Crippen molar-refractivity contribution in [1.29, 1.82) is 0 Å². The second-order valence-electron chi connectivity index (χ2n) is 15.7. The molecule has 0 aliphatic carbocycles. The Labute approximate surface area is 360 Å². The predicted octanol–water partition coefficient (Wildman–Crippen LogP) is 10.4. The number of pyridine rings is 2.